The minimum absolute atomic E-state index is 0. The first-order chi connectivity index (χ1) is 12.7. The van der Waals surface area contributed by atoms with Crippen molar-refractivity contribution in [3.05, 3.63) is 64.5 Å². The molecule has 140 valence electrons. The summed E-state index contributed by atoms with van der Waals surface area (Å²) in [5.74, 6) is -0.141. The Kier molecular flexibility index (Phi) is 7.02. The van der Waals surface area contributed by atoms with E-state index < -0.39 is 21.7 Å². The third-order valence-electron chi connectivity index (χ3n) is 3.72. The van der Waals surface area contributed by atoms with E-state index in [9.17, 15) is 22.6 Å². The molecule has 1 heterocycles. The van der Waals surface area contributed by atoms with Crippen molar-refractivity contribution in [3.63, 3.8) is 0 Å². The molecule has 3 aromatic rings. The fourth-order valence-corrected chi connectivity index (χ4v) is 2.92. The van der Waals surface area contributed by atoms with Crippen LogP contribution in [0.2, 0.25) is 0 Å². The molecule has 0 fully saturated rings. The number of carbonyl (C=O) groups is 1. The first-order valence-electron chi connectivity index (χ1n) is 7.75. The molecule has 8 nitrogen and oxygen atoms in total. The topological polar surface area (TPSA) is 126 Å². The zero-order valence-electron chi connectivity index (χ0n) is 15.1. The average Bonchev–Trinajstić information content (AvgIpc) is 2.59. The number of hydrogen-bond acceptors (Lipinski definition) is 7. The van der Waals surface area contributed by atoms with Gasteiger partial charge in [-0.05, 0) is 48.9 Å². The second-order valence-electron chi connectivity index (χ2n) is 5.72. The molecule has 1 N–H and O–H groups in total. The van der Waals surface area contributed by atoms with Crippen molar-refractivity contribution in [2.24, 2.45) is 0 Å². The van der Waals surface area contributed by atoms with Gasteiger partial charge in [-0.25, -0.2) is 13.2 Å². The summed E-state index contributed by atoms with van der Waals surface area (Å²) < 4.78 is 43.1. The molecule has 0 saturated heterocycles. The average molecular weight is 411 g/mol. The first-order valence-corrected chi connectivity index (χ1v) is 9.16. The number of nitrogens with one attached hydrogen (secondary N) is 1. The quantitative estimate of drug-likeness (QED) is 0.325. The smallest absolute Gasteiger partial charge is 0.744 e. The summed E-state index contributed by atoms with van der Waals surface area (Å²) in [6.07, 6.45) is 0. The minimum atomic E-state index is -4.54. The molecule has 2 aromatic carbocycles. The fourth-order valence-electron chi connectivity index (χ4n) is 2.45. The van der Waals surface area contributed by atoms with Crippen LogP contribution in [0, 0.1) is 6.92 Å². The Morgan fingerprint density at radius 1 is 1.14 bits per heavy atom. The van der Waals surface area contributed by atoms with E-state index in [1.165, 1.54) is 24.3 Å². The molecule has 1 amide bonds. The molecule has 0 spiro atoms. The Balaban J connectivity index is 0.00000280. The molecule has 0 bridgehead atoms. The molecule has 0 aliphatic heterocycles. The van der Waals surface area contributed by atoms with Crippen LogP contribution in [0.15, 0.2) is 62.6 Å². The van der Waals surface area contributed by atoms with Crippen molar-refractivity contribution < 1.29 is 56.5 Å². The molecule has 0 radical (unpaired) electrons. The van der Waals surface area contributed by atoms with Gasteiger partial charge in [-0.15, -0.1) is 0 Å². The van der Waals surface area contributed by atoms with Crippen molar-refractivity contribution in [3.8, 4) is 5.75 Å². The van der Waals surface area contributed by atoms with Gasteiger partial charge >= 0.3 is 35.2 Å². The molecule has 0 aliphatic carbocycles. The van der Waals surface area contributed by atoms with Gasteiger partial charge in [0.15, 0.2) is 6.61 Å². The number of aryl methyl sites for hydroxylation is 1. The second kappa shape index (κ2) is 8.89. The Morgan fingerprint density at radius 2 is 1.82 bits per heavy atom. The molecule has 3 rings (SSSR count). The Hall–Kier alpha value is -2.17. The van der Waals surface area contributed by atoms with Crippen LogP contribution in [0.1, 0.15) is 5.56 Å². The van der Waals surface area contributed by atoms with Crippen LogP contribution in [0.3, 0.4) is 0 Å². The standard InChI is InChI=1S/C18H15NO7S.Na/c1-11-8-18(21)26-16-9-13(4-7-15(11)16)25-10-17(20)19-12-2-5-14(6-3-12)27(22,23)24;/h2-9H,10H2,1H3,(H,19,20)(H,22,23,24);/q;+1/p-1. The van der Waals surface area contributed by atoms with E-state index >= 15 is 0 Å². The molecule has 0 atom stereocenters. The second-order valence-corrected chi connectivity index (χ2v) is 7.10. The Labute approximate surface area is 182 Å². The van der Waals surface area contributed by atoms with E-state index in [1.54, 1.807) is 19.1 Å². The number of benzene rings is 2. The van der Waals surface area contributed by atoms with Gasteiger partial charge in [0.05, 0.1) is 4.90 Å². The number of anilines is 1. The van der Waals surface area contributed by atoms with E-state index in [-0.39, 0.29) is 41.1 Å². The van der Waals surface area contributed by atoms with Gasteiger partial charge in [0, 0.05) is 23.2 Å². The summed E-state index contributed by atoms with van der Waals surface area (Å²) in [5, 5.41) is 3.28. The largest absolute Gasteiger partial charge is 1.00 e. The normalized spacial score (nSPS) is 10.9. The van der Waals surface area contributed by atoms with Gasteiger partial charge in [-0.3, -0.25) is 4.79 Å². The number of fused-ring (bicyclic) bond motifs is 1. The summed E-state index contributed by atoms with van der Waals surface area (Å²) in [5.41, 5.74) is 0.968. The summed E-state index contributed by atoms with van der Waals surface area (Å²) in [7, 11) is -4.54. The van der Waals surface area contributed by atoms with Crippen molar-refractivity contribution in [2.75, 3.05) is 11.9 Å². The predicted molar refractivity (Wildman–Crippen MR) is 95.8 cm³/mol. The maximum absolute atomic E-state index is 11.9. The van der Waals surface area contributed by atoms with E-state index in [0.717, 1.165) is 23.1 Å². The van der Waals surface area contributed by atoms with Crippen molar-refractivity contribution >= 4 is 32.7 Å². The van der Waals surface area contributed by atoms with Crippen LogP contribution in [0.25, 0.3) is 11.0 Å². The minimum Gasteiger partial charge on any atom is -0.744 e. The molecule has 0 unspecified atom stereocenters. The monoisotopic (exact) mass is 411 g/mol. The van der Waals surface area contributed by atoms with Crippen LogP contribution < -0.4 is 45.2 Å². The van der Waals surface area contributed by atoms with Gasteiger partial charge in [-0.1, -0.05) is 0 Å². The van der Waals surface area contributed by atoms with E-state index in [0.29, 0.717) is 17.0 Å². The molecule has 0 saturated carbocycles. The zero-order chi connectivity index (χ0) is 19.6. The van der Waals surface area contributed by atoms with Crippen LogP contribution in [0.4, 0.5) is 5.69 Å². The maximum Gasteiger partial charge on any atom is 1.00 e. The van der Waals surface area contributed by atoms with Gasteiger partial charge in [0.2, 0.25) is 0 Å². The SMILES string of the molecule is Cc1cc(=O)oc2cc(OCC(=O)Nc3ccc(S(=O)(=O)[O-])cc3)ccc12.[Na+]. The molecule has 1 aromatic heterocycles. The van der Waals surface area contributed by atoms with Gasteiger partial charge in [0.25, 0.3) is 5.91 Å². The van der Waals surface area contributed by atoms with Crippen LogP contribution in [-0.2, 0) is 14.9 Å². The molecule has 0 aliphatic rings. The summed E-state index contributed by atoms with van der Waals surface area (Å²) >= 11 is 0. The van der Waals surface area contributed by atoms with E-state index in [4.69, 9.17) is 9.15 Å². The molecular formula is C18H14NNaO7S. The summed E-state index contributed by atoms with van der Waals surface area (Å²) in [6, 6.07) is 11.1. The van der Waals surface area contributed by atoms with Gasteiger partial charge in [0.1, 0.15) is 21.5 Å². The maximum atomic E-state index is 11.9. The number of rotatable bonds is 5. The van der Waals surface area contributed by atoms with E-state index in [1.807, 2.05) is 0 Å². The van der Waals surface area contributed by atoms with Crippen molar-refractivity contribution in [1.82, 2.24) is 0 Å². The van der Waals surface area contributed by atoms with Gasteiger partial charge in [-0.2, -0.15) is 0 Å². The van der Waals surface area contributed by atoms with Crippen molar-refractivity contribution in [2.45, 2.75) is 11.8 Å². The Bertz CT molecular complexity index is 1170. The van der Waals surface area contributed by atoms with E-state index in [2.05, 4.69) is 5.32 Å². The number of hydrogen-bond donors (Lipinski definition) is 1. The van der Waals surface area contributed by atoms with Gasteiger partial charge < -0.3 is 19.0 Å². The van der Waals surface area contributed by atoms with Crippen LogP contribution >= 0.6 is 0 Å². The third kappa shape index (κ3) is 5.43. The molecule has 28 heavy (non-hydrogen) atoms. The van der Waals surface area contributed by atoms with Crippen molar-refractivity contribution in [1.29, 1.82) is 0 Å². The zero-order valence-corrected chi connectivity index (χ0v) is 17.9. The fraction of sp³-hybridized carbons (Fsp3) is 0.111. The molecular weight excluding hydrogens is 397 g/mol. The number of amides is 1. The number of carbonyl (C=O) groups excluding carboxylic acids is 1. The number of ether oxygens (including phenoxy) is 1. The third-order valence-corrected chi connectivity index (χ3v) is 4.57. The van der Waals surface area contributed by atoms with Crippen LogP contribution in [0.5, 0.6) is 5.75 Å². The first kappa shape index (κ1) is 22.1. The van der Waals surface area contributed by atoms with Crippen LogP contribution in [-0.4, -0.2) is 25.5 Å². The molecule has 10 heteroatoms. The summed E-state index contributed by atoms with van der Waals surface area (Å²) in [4.78, 5) is 23.0. The summed E-state index contributed by atoms with van der Waals surface area (Å²) in [6.45, 7) is 1.47. The Morgan fingerprint density at radius 3 is 2.46 bits per heavy atom. The predicted octanol–water partition coefficient (Wildman–Crippen LogP) is -0.973.